The molecule has 1 saturated carbocycles. The van der Waals surface area contributed by atoms with Crippen LogP contribution in [0.25, 0.3) is 0 Å². The molecular weight excluding hydrogens is 463 g/mol. The Kier molecular flexibility index (Phi) is 10.7. The molecule has 1 aromatic carbocycles. The fourth-order valence-electron chi connectivity index (χ4n) is 4.06. The average molecular weight is 501 g/mol. The highest BCUT2D eigenvalue weighted by molar-refractivity contribution is 5.97. The summed E-state index contributed by atoms with van der Waals surface area (Å²) in [5, 5.41) is 9.59. The summed E-state index contributed by atoms with van der Waals surface area (Å²) >= 11 is 0. The molecule has 9 heteroatoms. The van der Waals surface area contributed by atoms with Crippen LogP contribution < -0.4 is 16.0 Å². The number of benzene rings is 1. The molecule has 36 heavy (non-hydrogen) atoms. The maximum Gasteiger partial charge on any atom is 0.251 e. The SMILES string of the molecule is C=C(/C=C\C(=C/C)OC)[C@@H]1C[C@H]1NCCNC[C@H](NC(=O)c1ccc(F)cc1)C(=O)N1CCOCC1. The smallest absolute Gasteiger partial charge is 0.251 e. The van der Waals surface area contributed by atoms with Crippen LogP contribution in [0, 0.1) is 11.7 Å². The van der Waals surface area contributed by atoms with Gasteiger partial charge in [0.1, 0.15) is 17.6 Å². The number of nitrogens with one attached hydrogen (secondary N) is 3. The van der Waals surface area contributed by atoms with Crippen LogP contribution in [0.15, 0.2) is 60.4 Å². The van der Waals surface area contributed by atoms with E-state index < -0.39 is 17.8 Å². The second-order valence-electron chi connectivity index (χ2n) is 8.88. The number of ether oxygens (including phenoxy) is 2. The first kappa shape index (κ1) is 27.6. The normalized spacial score (nSPS) is 20.8. The Labute approximate surface area is 212 Å². The van der Waals surface area contributed by atoms with E-state index in [1.165, 1.54) is 24.3 Å². The van der Waals surface area contributed by atoms with Crippen LogP contribution in [0.3, 0.4) is 0 Å². The van der Waals surface area contributed by atoms with E-state index in [0.29, 0.717) is 50.4 Å². The minimum absolute atomic E-state index is 0.156. The predicted molar refractivity (Wildman–Crippen MR) is 137 cm³/mol. The van der Waals surface area contributed by atoms with Crippen molar-refractivity contribution in [1.29, 1.82) is 0 Å². The second kappa shape index (κ2) is 13.9. The van der Waals surface area contributed by atoms with Crippen LogP contribution >= 0.6 is 0 Å². The van der Waals surface area contributed by atoms with Crippen molar-refractivity contribution in [3.05, 3.63) is 71.8 Å². The largest absolute Gasteiger partial charge is 0.497 e. The second-order valence-corrected chi connectivity index (χ2v) is 8.88. The van der Waals surface area contributed by atoms with Gasteiger partial charge in [0.2, 0.25) is 5.91 Å². The van der Waals surface area contributed by atoms with Crippen LogP contribution in [0.2, 0.25) is 0 Å². The number of nitrogens with zero attached hydrogens (tertiary/aromatic N) is 1. The molecule has 196 valence electrons. The van der Waals surface area contributed by atoms with Gasteiger partial charge < -0.3 is 30.3 Å². The van der Waals surface area contributed by atoms with Crippen molar-refractivity contribution in [3.8, 4) is 0 Å². The van der Waals surface area contributed by atoms with E-state index in [1.54, 1.807) is 12.0 Å². The van der Waals surface area contributed by atoms with Crippen LogP contribution in [0.4, 0.5) is 4.39 Å². The molecule has 0 bridgehead atoms. The first-order valence-corrected chi connectivity index (χ1v) is 12.4. The van der Waals surface area contributed by atoms with Crippen LogP contribution in [-0.2, 0) is 14.3 Å². The highest BCUT2D eigenvalue weighted by Gasteiger charge is 2.37. The van der Waals surface area contributed by atoms with Gasteiger partial charge in [-0.2, -0.15) is 0 Å². The van der Waals surface area contributed by atoms with E-state index in [2.05, 4.69) is 22.5 Å². The van der Waals surface area contributed by atoms with E-state index in [1.807, 2.05) is 25.2 Å². The molecule has 2 fully saturated rings. The summed E-state index contributed by atoms with van der Waals surface area (Å²) in [7, 11) is 1.64. The zero-order chi connectivity index (χ0) is 25.9. The molecule has 0 unspecified atom stereocenters. The third kappa shape index (κ3) is 8.29. The number of hydrogen-bond donors (Lipinski definition) is 3. The fraction of sp³-hybridized carbons (Fsp3) is 0.481. The third-order valence-corrected chi connectivity index (χ3v) is 6.34. The lowest BCUT2D eigenvalue weighted by Gasteiger charge is -2.31. The molecule has 3 N–H and O–H groups in total. The Bertz CT molecular complexity index is 957. The fourth-order valence-corrected chi connectivity index (χ4v) is 4.06. The molecule has 1 aliphatic heterocycles. The number of methoxy groups -OCH3 is 1. The quantitative estimate of drug-likeness (QED) is 0.218. The molecular formula is C27H37FN4O4. The van der Waals surface area contributed by atoms with Gasteiger partial charge in [0.15, 0.2) is 0 Å². The molecule has 3 rings (SSSR count). The number of allylic oxidation sites excluding steroid dienone is 3. The van der Waals surface area contributed by atoms with Crippen LogP contribution in [0.1, 0.15) is 23.7 Å². The average Bonchev–Trinajstić information content (AvgIpc) is 3.68. The number of carbonyl (C=O) groups excluding carboxylic acids is 2. The topological polar surface area (TPSA) is 91.9 Å². The number of carbonyl (C=O) groups is 2. The molecule has 1 aliphatic carbocycles. The summed E-state index contributed by atoms with van der Waals surface area (Å²) in [6.45, 7) is 9.67. The van der Waals surface area contributed by atoms with Crippen molar-refractivity contribution in [2.45, 2.75) is 25.4 Å². The van der Waals surface area contributed by atoms with Crippen molar-refractivity contribution >= 4 is 11.8 Å². The number of rotatable bonds is 13. The number of morpholine rings is 1. The van der Waals surface area contributed by atoms with Gasteiger partial charge in [-0.15, -0.1) is 0 Å². The summed E-state index contributed by atoms with van der Waals surface area (Å²) < 4.78 is 23.8. The maximum atomic E-state index is 13.2. The lowest BCUT2D eigenvalue weighted by atomic mass is 10.1. The molecule has 3 atom stereocenters. The first-order chi connectivity index (χ1) is 17.4. The Morgan fingerprint density at radius 2 is 1.94 bits per heavy atom. The Morgan fingerprint density at radius 3 is 2.61 bits per heavy atom. The standard InChI is InChI=1S/C27H37FN4O4/c1-4-22(35-3)10-5-19(2)23-17-24(23)30-12-11-29-18-25(27(34)32-13-15-36-16-14-32)31-26(33)20-6-8-21(28)9-7-20/h4-10,23-25,29-30H,2,11-18H2,1,3H3,(H,31,33)/b10-5-,22-4+/t23-,24+,25-/m0/s1. The Morgan fingerprint density at radius 1 is 1.22 bits per heavy atom. The molecule has 0 radical (unpaired) electrons. The summed E-state index contributed by atoms with van der Waals surface area (Å²) in [5.74, 6) is 0.219. The molecule has 0 aromatic heterocycles. The van der Waals surface area contributed by atoms with Crippen molar-refractivity contribution in [1.82, 2.24) is 20.9 Å². The first-order valence-electron chi connectivity index (χ1n) is 12.4. The Hall–Kier alpha value is -3.01. The summed E-state index contributed by atoms with van der Waals surface area (Å²) in [4.78, 5) is 27.5. The summed E-state index contributed by atoms with van der Waals surface area (Å²) in [6, 6.07) is 4.91. The number of halogens is 1. The van der Waals surface area contributed by atoms with E-state index in [0.717, 1.165) is 24.3 Å². The van der Waals surface area contributed by atoms with E-state index in [9.17, 15) is 14.0 Å². The third-order valence-electron chi connectivity index (χ3n) is 6.34. The van der Waals surface area contributed by atoms with Gasteiger partial charge in [-0.3, -0.25) is 9.59 Å². The van der Waals surface area contributed by atoms with E-state index in [-0.39, 0.29) is 12.5 Å². The van der Waals surface area contributed by atoms with Gasteiger partial charge in [-0.05, 0) is 49.8 Å². The van der Waals surface area contributed by atoms with Gasteiger partial charge in [0, 0.05) is 50.2 Å². The molecule has 8 nitrogen and oxygen atoms in total. The van der Waals surface area contributed by atoms with Gasteiger partial charge in [-0.1, -0.05) is 18.2 Å². The predicted octanol–water partition coefficient (Wildman–Crippen LogP) is 2.01. The minimum Gasteiger partial charge on any atom is -0.497 e. The van der Waals surface area contributed by atoms with Gasteiger partial charge >= 0.3 is 0 Å². The lowest BCUT2D eigenvalue weighted by Crippen LogP contribution is -2.55. The Balaban J connectivity index is 1.45. The lowest BCUT2D eigenvalue weighted by molar-refractivity contribution is -0.137. The van der Waals surface area contributed by atoms with Gasteiger partial charge in [-0.25, -0.2) is 4.39 Å². The van der Waals surface area contributed by atoms with Crippen LogP contribution in [-0.4, -0.2) is 81.8 Å². The number of amides is 2. The minimum atomic E-state index is -0.735. The molecule has 1 aromatic rings. The number of hydrogen-bond acceptors (Lipinski definition) is 6. The van der Waals surface area contributed by atoms with Crippen molar-refractivity contribution in [3.63, 3.8) is 0 Å². The maximum absolute atomic E-state index is 13.2. The van der Waals surface area contributed by atoms with Crippen molar-refractivity contribution < 1.29 is 23.5 Å². The molecule has 2 amide bonds. The molecule has 1 heterocycles. The zero-order valence-corrected chi connectivity index (χ0v) is 21.1. The molecule has 2 aliphatic rings. The monoisotopic (exact) mass is 500 g/mol. The van der Waals surface area contributed by atoms with Crippen molar-refractivity contribution in [2.24, 2.45) is 5.92 Å². The highest BCUT2D eigenvalue weighted by atomic mass is 19.1. The molecule has 0 spiro atoms. The molecule has 1 saturated heterocycles. The van der Waals surface area contributed by atoms with Gasteiger partial charge in [0.05, 0.1) is 20.3 Å². The van der Waals surface area contributed by atoms with Crippen molar-refractivity contribution in [2.75, 3.05) is 53.0 Å². The van der Waals surface area contributed by atoms with Crippen LogP contribution in [0.5, 0.6) is 0 Å². The summed E-state index contributed by atoms with van der Waals surface area (Å²) in [6.07, 6.45) is 6.85. The van der Waals surface area contributed by atoms with Gasteiger partial charge in [0.25, 0.3) is 5.91 Å². The zero-order valence-electron chi connectivity index (χ0n) is 21.1. The summed E-state index contributed by atoms with van der Waals surface area (Å²) in [5.41, 5.74) is 1.37. The van der Waals surface area contributed by atoms with E-state index in [4.69, 9.17) is 9.47 Å². The highest BCUT2D eigenvalue weighted by Crippen LogP contribution is 2.37. The van der Waals surface area contributed by atoms with E-state index >= 15 is 0 Å².